The van der Waals surface area contributed by atoms with Crippen molar-refractivity contribution in [3.05, 3.63) is 63.0 Å². The summed E-state index contributed by atoms with van der Waals surface area (Å²) < 4.78 is 14.6. The Balaban J connectivity index is 2.26. The second-order valence-electron chi connectivity index (χ2n) is 6.17. The fourth-order valence-corrected chi connectivity index (χ4v) is 3.18. The van der Waals surface area contributed by atoms with Crippen molar-refractivity contribution in [1.29, 1.82) is 0 Å². The van der Waals surface area contributed by atoms with Gasteiger partial charge in [-0.15, -0.1) is 0 Å². The zero-order chi connectivity index (χ0) is 17.0. The molecule has 1 aliphatic heterocycles. The second kappa shape index (κ2) is 5.01. The van der Waals surface area contributed by atoms with E-state index in [0.29, 0.717) is 22.4 Å². The molecule has 3 nitrogen and oxygen atoms in total. The summed E-state index contributed by atoms with van der Waals surface area (Å²) in [5.41, 5.74) is 4.25. The Labute approximate surface area is 134 Å². The Morgan fingerprint density at radius 3 is 2.04 bits per heavy atom. The van der Waals surface area contributed by atoms with E-state index in [1.807, 2.05) is 26.0 Å². The van der Waals surface area contributed by atoms with Gasteiger partial charge in [0.25, 0.3) is 11.8 Å². The number of halogens is 1. The summed E-state index contributed by atoms with van der Waals surface area (Å²) in [6.45, 7) is 8.94. The molecule has 0 aromatic heterocycles. The summed E-state index contributed by atoms with van der Waals surface area (Å²) in [5.74, 6) is -1.62. The van der Waals surface area contributed by atoms with Crippen molar-refractivity contribution in [3.63, 3.8) is 0 Å². The third-order valence-corrected chi connectivity index (χ3v) is 4.73. The number of hydrogen-bond acceptors (Lipinski definition) is 2. The third-order valence-electron chi connectivity index (χ3n) is 4.73. The lowest BCUT2D eigenvalue weighted by molar-refractivity contribution is 0.0924. The highest BCUT2D eigenvalue weighted by Gasteiger charge is 2.42. The molecular formula is C19H18FNO2. The van der Waals surface area contributed by atoms with E-state index in [4.69, 9.17) is 0 Å². The molecule has 1 aliphatic rings. The lowest BCUT2D eigenvalue weighted by Crippen LogP contribution is -2.30. The number of hydrogen-bond donors (Lipinski definition) is 0. The van der Waals surface area contributed by atoms with Gasteiger partial charge >= 0.3 is 0 Å². The van der Waals surface area contributed by atoms with Gasteiger partial charge in [0, 0.05) is 0 Å². The lowest BCUT2D eigenvalue weighted by atomic mass is 9.94. The number of benzene rings is 2. The van der Waals surface area contributed by atoms with Crippen LogP contribution in [0.4, 0.5) is 10.1 Å². The molecule has 0 fully saturated rings. The molecule has 0 saturated carbocycles. The SMILES string of the molecule is Cc1ccc(N2C(=O)c3c(C)c(C)c(C)c(F)c3C2=O)c(C)c1. The molecule has 0 saturated heterocycles. The van der Waals surface area contributed by atoms with Crippen molar-refractivity contribution in [2.45, 2.75) is 34.6 Å². The van der Waals surface area contributed by atoms with Crippen LogP contribution in [0.25, 0.3) is 0 Å². The van der Waals surface area contributed by atoms with Gasteiger partial charge in [-0.25, -0.2) is 9.29 Å². The van der Waals surface area contributed by atoms with Crippen LogP contribution in [0.1, 0.15) is 48.5 Å². The first kappa shape index (κ1) is 15.4. The quantitative estimate of drug-likeness (QED) is 0.741. The van der Waals surface area contributed by atoms with Gasteiger partial charge in [0.2, 0.25) is 0 Å². The van der Waals surface area contributed by atoms with Gasteiger partial charge in [-0.05, 0) is 62.9 Å². The van der Waals surface area contributed by atoms with Crippen LogP contribution in [0.15, 0.2) is 18.2 Å². The minimum absolute atomic E-state index is 0.101. The summed E-state index contributed by atoms with van der Waals surface area (Å²) in [4.78, 5) is 26.7. The molecule has 0 unspecified atom stereocenters. The molecule has 0 radical (unpaired) electrons. The van der Waals surface area contributed by atoms with Crippen molar-refractivity contribution in [2.24, 2.45) is 0 Å². The average Bonchev–Trinajstić information content (AvgIpc) is 2.75. The van der Waals surface area contributed by atoms with E-state index in [2.05, 4.69) is 0 Å². The fourth-order valence-electron chi connectivity index (χ4n) is 3.18. The molecular weight excluding hydrogens is 293 g/mol. The predicted molar refractivity (Wildman–Crippen MR) is 87.7 cm³/mol. The average molecular weight is 311 g/mol. The zero-order valence-electron chi connectivity index (χ0n) is 13.9. The number of fused-ring (bicyclic) bond motifs is 1. The zero-order valence-corrected chi connectivity index (χ0v) is 13.9. The maximum atomic E-state index is 14.6. The van der Waals surface area contributed by atoms with E-state index in [9.17, 15) is 14.0 Å². The van der Waals surface area contributed by atoms with E-state index in [0.717, 1.165) is 16.0 Å². The monoisotopic (exact) mass is 311 g/mol. The first-order valence-corrected chi connectivity index (χ1v) is 7.51. The van der Waals surface area contributed by atoms with Crippen molar-refractivity contribution < 1.29 is 14.0 Å². The van der Waals surface area contributed by atoms with Crippen molar-refractivity contribution >= 4 is 17.5 Å². The second-order valence-corrected chi connectivity index (χ2v) is 6.17. The Kier molecular flexibility index (Phi) is 3.36. The van der Waals surface area contributed by atoms with Crippen LogP contribution in [0.5, 0.6) is 0 Å². The van der Waals surface area contributed by atoms with Gasteiger partial charge in [-0.2, -0.15) is 0 Å². The number of imide groups is 1. The molecule has 1 heterocycles. The molecule has 2 amide bonds. The maximum absolute atomic E-state index is 14.6. The van der Waals surface area contributed by atoms with Crippen LogP contribution in [0, 0.1) is 40.4 Å². The largest absolute Gasteiger partial charge is 0.269 e. The highest BCUT2D eigenvalue weighted by molar-refractivity contribution is 6.35. The van der Waals surface area contributed by atoms with Crippen molar-refractivity contribution in [3.8, 4) is 0 Å². The van der Waals surface area contributed by atoms with Gasteiger partial charge in [0.1, 0.15) is 5.82 Å². The maximum Gasteiger partial charge on any atom is 0.269 e. The first-order chi connectivity index (χ1) is 10.8. The van der Waals surface area contributed by atoms with Gasteiger partial charge in [-0.3, -0.25) is 9.59 Å². The summed E-state index contributed by atoms with van der Waals surface area (Å²) in [5, 5.41) is 0. The smallest absolute Gasteiger partial charge is 0.268 e. The lowest BCUT2D eigenvalue weighted by Gasteiger charge is -2.17. The molecule has 0 N–H and O–H groups in total. The number of carbonyl (C=O) groups excluding carboxylic acids is 2. The van der Waals surface area contributed by atoms with Gasteiger partial charge in [0.05, 0.1) is 16.8 Å². The molecule has 0 spiro atoms. The molecule has 0 aliphatic carbocycles. The Morgan fingerprint density at radius 1 is 0.826 bits per heavy atom. The number of carbonyl (C=O) groups is 2. The molecule has 0 atom stereocenters. The summed E-state index contributed by atoms with van der Waals surface area (Å²) >= 11 is 0. The number of nitrogens with zero attached hydrogens (tertiary/aromatic N) is 1. The number of amides is 2. The highest BCUT2D eigenvalue weighted by Crippen LogP contribution is 2.36. The standard InChI is InChI=1S/C19H18FNO2/c1-9-6-7-14(10(2)8-9)21-18(22)15-12(4)11(3)13(5)17(20)16(15)19(21)23/h6-8H,1-5H3. The van der Waals surface area contributed by atoms with E-state index >= 15 is 0 Å². The minimum Gasteiger partial charge on any atom is -0.268 e. The van der Waals surface area contributed by atoms with E-state index in [-0.39, 0.29) is 11.1 Å². The normalized spacial score (nSPS) is 13.7. The molecule has 2 aromatic rings. The number of anilines is 1. The van der Waals surface area contributed by atoms with Crippen LogP contribution in [-0.4, -0.2) is 11.8 Å². The Bertz CT molecular complexity index is 837. The van der Waals surface area contributed by atoms with Gasteiger partial charge in [0.15, 0.2) is 0 Å². The summed E-state index contributed by atoms with van der Waals surface area (Å²) in [7, 11) is 0. The van der Waals surface area contributed by atoms with E-state index in [1.165, 1.54) is 0 Å². The van der Waals surface area contributed by atoms with E-state index < -0.39 is 17.6 Å². The first-order valence-electron chi connectivity index (χ1n) is 7.51. The summed E-state index contributed by atoms with van der Waals surface area (Å²) in [6, 6.07) is 5.48. The topological polar surface area (TPSA) is 37.4 Å². The van der Waals surface area contributed by atoms with Crippen LogP contribution in [0.2, 0.25) is 0 Å². The number of rotatable bonds is 1. The van der Waals surface area contributed by atoms with Crippen LogP contribution < -0.4 is 4.90 Å². The van der Waals surface area contributed by atoms with Crippen LogP contribution >= 0.6 is 0 Å². The Hall–Kier alpha value is -2.49. The number of aryl methyl sites for hydroxylation is 2. The molecule has 4 heteroatoms. The molecule has 0 bridgehead atoms. The van der Waals surface area contributed by atoms with Crippen LogP contribution in [-0.2, 0) is 0 Å². The van der Waals surface area contributed by atoms with Crippen molar-refractivity contribution in [1.82, 2.24) is 0 Å². The minimum atomic E-state index is -0.589. The third kappa shape index (κ3) is 2.01. The van der Waals surface area contributed by atoms with Crippen LogP contribution in [0.3, 0.4) is 0 Å². The van der Waals surface area contributed by atoms with E-state index in [1.54, 1.807) is 26.8 Å². The summed E-state index contributed by atoms with van der Waals surface area (Å²) in [6.07, 6.45) is 0. The Morgan fingerprint density at radius 2 is 1.43 bits per heavy atom. The van der Waals surface area contributed by atoms with Gasteiger partial charge < -0.3 is 0 Å². The molecule has 2 aromatic carbocycles. The molecule has 3 rings (SSSR count). The van der Waals surface area contributed by atoms with Gasteiger partial charge in [-0.1, -0.05) is 17.7 Å². The highest BCUT2D eigenvalue weighted by atomic mass is 19.1. The molecule has 118 valence electrons. The molecule has 23 heavy (non-hydrogen) atoms. The fraction of sp³-hybridized carbons (Fsp3) is 0.263. The predicted octanol–water partition coefficient (Wildman–Crippen LogP) is 4.17. The van der Waals surface area contributed by atoms with Crippen molar-refractivity contribution in [2.75, 3.05) is 4.90 Å².